The van der Waals surface area contributed by atoms with Gasteiger partial charge in [-0.3, -0.25) is 19.7 Å². The molecule has 164 valence electrons. The van der Waals surface area contributed by atoms with Crippen LogP contribution in [-0.2, 0) is 9.59 Å². The van der Waals surface area contributed by atoms with E-state index in [0.29, 0.717) is 10.8 Å². The summed E-state index contributed by atoms with van der Waals surface area (Å²) in [7, 11) is 1.52. The molecule has 1 saturated heterocycles. The minimum atomic E-state index is -1.01. The molecule has 1 fully saturated rings. The van der Waals surface area contributed by atoms with E-state index in [-0.39, 0.29) is 25.4 Å². The summed E-state index contributed by atoms with van der Waals surface area (Å²) in [5, 5.41) is 10.3. The van der Waals surface area contributed by atoms with Gasteiger partial charge in [-0.05, 0) is 49.2 Å². The number of hydrogen-bond donors (Lipinski definition) is 1. The first kappa shape index (κ1) is 22.2. The predicted molar refractivity (Wildman–Crippen MR) is 110 cm³/mol. The molecule has 2 aromatic carbocycles. The molecule has 0 aromatic heterocycles. The minimum absolute atomic E-state index is 0.146. The van der Waals surface area contributed by atoms with Crippen molar-refractivity contribution in [3.63, 3.8) is 0 Å². The van der Waals surface area contributed by atoms with Crippen LogP contribution in [0.4, 0.5) is 9.18 Å². The fourth-order valence-electron chi connectivity index (χ4n) is 3.23. The Morgan fingerprint density at radius 1 is 1.10 bits per heavy atom. The molecule has 1 aliphatic rings. The molecule has 1 unspecified atom stereocenters. The van der Waals surface area contributed by atoms with Crippen LogP contribution in [0.25, 0.3) is 11.1 Å². The fraction of sp³-hybridized carbons (Fsp3) is 0.318. The van der Waals surface area contributed by atoms with E-state index in [0.717, 1.165) is 16.0 Å². The summed E-state index contributed by atoms with van der Waals surface area (Å²) < 4.78 is 18.8. The second kappa shape index (κ2) is 8.73. The van der Waals surface area contributed by atoms with E-state index >= 15 is 0 Å². The van der Waals surface area contributed by atoms with E-state index in [4.69, 9.17) is 4.74 Å². The lowest BCUT2D eigenvalue weighted by molar-refractivity contribution is -0.165. The van der Waals surface area contributed by atoms with Gasteiger partial charge >= 0.3 is 6.03 Å². The summed E-state index contributed by atoms with van der Waals surface area (Å²) in [4.78, 5) is 38.4. The van der Waals surface area contributed by atoms with Crippen molar-refractivity contribution in [3.05, 3.63) is 54.3 Å². The Morgan fingerprint density at radius 2 is 1.65 bits per heavy atom. The van der Waals surface area contributed by atoms with Crippen molar-refractivity contribution in [3.8, 4) is 16.9 Å². The summed E-state index contributed by atoms with van der Waals surface area (Å²) in [5.41, 5.74) is 0.686. The quantitative estimate of drug-likeness (QED) is 0.302. The Kier molecular flexibility index (Phi) is 6.26. The molecule has 2 aromatic rings. The maximum atomic E-state index is 13.1. The molecule has 9 heteroatoms. The number of ether oxygens (including phenoxy) is 1. The summed E-state index contributed by atoms with van der Waals surface area (Å²) in [6, 6.07) is 11.6. The number of urea groups is 1. The van der Waals surface area contributed by atoms with Crippen LogP contribution in [-0.4, -0.2) is 70.2 Å². The molecule has 0 aliphatic carbocycles. The SMILES string of the molecule is CN1C(=O)N(CC(COc2ccc(-c3ccc(F)cc3)cc2)N(O)C=O)C(=O)C1(C)C. The Labute approximate surface area is 179 Å². The van der Waals surface area contributed by atoms with Crippen LogP contribution in [0, 0.1) is 5.82 Å². The molecule has 0 bridgehead atoms. The van der Waals surface area contributed by atoms with Gasteiger partial charge in [0.25, 0.3) is 5.91 Å². The lowest BCUT2D eigenvalue weighted by Crippen LogP contribution is -2.48. The zero-order valence-corrected chi connectivity index (χ0v) is 17.5. The molecular formula is C22H24FN3O5. The zero-order chi connectivity index (χ0) is 22.8. The third-order valence-corrected chi connectivity index (χ3v) is 5.47. The molecule has 4 amide bonds. The first-order valence-corrected chi connectivity index (χ1v) is 9.66. The Bertz CT molecular complexity index is 962. The topological polar surface area (TPSA) is 90.4 Å². The van der Waals surface area contributed by atoms with Gasteiger partial charge in [-0.25, -0.2) is 14.2 Å². The average Bonchev–Trinajstić information content (AvgIpc) is 2.91. The fourth-order valence-corrected chi connectivity index (χ4v) is 3.23. The minimum Gasteiger partial charge on any atom is -0.491 e. The molecule has 0 radical (unpaired) electrons. The van der Waals surface area contributed by atoms with Gasteiger partial charge in [0.05, 0.1) is 6.54 Å². The monoisotopic (exact) mass is 429 g/mol. The smallest absolute Gasteiger partial charge is 0.327 e. The van der Waals surface area contributed by atoms with Gasteiger partial charge < -0.3 is 9.64 Å². The highest BCUT2D eigenvalue weighted by molar-refractivity contribution is 6.06. The van der Waals surface area contributed by atoms with Crippen molar-refractivity contribution in [1.82, 2.24) is 14.9 Å². The van der Waals surface area contributed by atoms with Crippen LogP contribution in [0.2, 0.25) is 0 Å². The van der Waals surface area contributed by atoms with E-state index in [1.807, 2.05) is 0 Å². The van der Waals surface area contributed by atoms with Gasteiger partial charge in [-0.15, -0.1) is 0 Å². The Balaban J connectivity index is 1.68. The lowest BCUT2D eigenvalue weighted by Gasteiger charge is -2.26. The summed E-state index contributed by atoms with van der Waals surface area (Å²) in [5.74, 6) is -0.275. The van der Waals surface area contributed by atoms with Gasteiger partial charge in [0.1, 0.15) is 29.8 Å². The second-order valence-electron chi connectivity index (χ2n) is 7.80. The van der Waals surface area contributed by atoms with E-state index < -0.39 is 23.5 Å². The summed E-state index contributed by atoms with van der Waals surface area (Å²) in [6.45, 7) is 2.89. The number of hydrogen-bond acceptors (Lipinski definition) is 5. The number of hydroxylamine groups is 2. The van der Waals surface area contributed by atoms with E-state index in [9.17, 15) is 24.0 Å². The van der Waals surface area contributed by atoms with Crippen molar-refractivity contribution in [1.29, 1.82) is 0 Å². The molecule has 1 aliphatic heterocycles. The molecular weight excluding hydrogens is 405 g/mol. The maximum Gasteiger partial charge on any atom is 0.327 e. The van der Waals surface area contributed by atoms with Gasteiger partial charge in [-0.2, -0.15) is 0 Å². The number of nitrogens with zero attached hydrogens (tertiary/aromatic N) is 3. The largest absolute Gasteiger partial charge is 0.491 e. The van der Waals surface area contributed by atoms with Crippen molar-refractivity contribution < 1.29 is 28.7 Å². The molecule has 3 rings (SSSR count). The number of amides is 4. The lowest BCUT2D eigenvalue weighted by atomic mass is 10.1. The Hall–Kier alpha value is -3.46. The van der Waals surface area contributed by atoms with E-state index in [1.54, 1.807) is 50.2 Å². The first-order valence-electron chi connectivity index (χ1n) is 9.66. The molecule has 1 N–H and O–H groups in total. The standard InChI is InChI=1S/C22H24FN3O5/c1-22(2)20(28)25(21(29)24(22)3)12-18(26(30)14-27)13-31-19-10-6-16(7-11-19)15-4-8-17(23)9-5-15/h4-11,14,18,30H,12-13H2,1-3H3. The number of carbonyl (C=O) groups is 3. The van der Waals surface area contributed by atoms with Gasteiger partial charge in [0.15, 0.2) is 0 Å². The summed E-state index contributed by atoms with van der Waals surface area (Å²) >= 11 is 0. The molecule has 0 saturated carbocycles. The number of likely N-dealkylation sites (N-methyl/N-ethyl adjacent to an activating group) is 1. The Morgan fingerprint density at radius 3 is 2.13 bits per heavy atom. The second-order valence-corrected chi connectivity index (χ2v) is 7.80. The number of halogens is 1. The van der Waals surface area contributed by atoms with Crippen molar-refractivity contribution in [2.24, 2.45) is 0 Å². The van der Waals surface area contributed by atoms with Crippen molar-refractivity contribution >= 4 is 18.3 Å². The average molecular weight is 429 g/mol. The normalized spacial score (nSPS) is 16.4. The van der Waals surface area contributed by atoms with Crippen LogP contribution in [0.1, 0.15) is 13.8 Å². The van der Waals surface area contributed by atoms with Gasteiger partial charge in [-0.1, -0.05) is 24.3 Å². The molecule has 8 nitrogen and oxygen atoms in total. The highest BCUT2D eigenvalue weighted by Crippen LogP contribution is 2.27. The van der Waals surface area contributed by atoms with Crippen LogP contribution in [0.5, 0.6) is 5.75 Å². The highest BCUT2D eigenvalue weighted by atomic mass is 19.1. The molecule has 31 heavy (non-hydrogen) atoms. The number of carbonyl (C=O) groups excluding carboxylic acids is 3. The maximum absolute atomic E-state index is 13.1. The van der Waals surface area contributed by atoms with E-state index in [1.165, 1.54) is 24.1 Å². The van der Waals surface area contributed by atoms with Gasteiger partial charge in [0, 0.05) is 7.05 Å². The number of benzene rings is 2. The first-order chi connectivity index (χ1) is 14.6. The molecule has 1 atom stereocenters. The molecule has 1 heterocycles. The van der Waals surface area contributed by atoms with Crippen molar-refractivity contribution in [2.45, 2.75) is 25.4 Å². The van der Waals surface area contributed by atoms with Crippen LogP contribution in [0.3, 0.4) is 0 Å². The predicted octanol–water partition coefficient (Wildman–Crippen LogP) is 2.76. The third kappa shape index (κ3) is 4.51. The van der Waals surface area contributed by atoms with Crippen LogP contribution in [0.15, 0.2) is 48.5 Å². The number of rotatable bonds is 8. The highest BCUT2D eigenvalue weighted by Gasteiger charge is 2.50. The van der Waals surface area contributed by atoms with Gasteiger partial charge in [0.2, 0.25) is 6.41 Å². The van der Waals surface area contributed by atoms with Crippen LogP contribution >= 0.6 is 0 Å². The number of imide groups is 1. The zero-order valence-electron chi connectivity index (χ0n) is 17.5. The summed E-state index contributed by atoms with van der Waals surface area (Å²) in [6.07, 6.45) is 0.200. The molecule has 0 spiro atoms. The van der Waals surface area contributed by atoms with Crippen LogP contribution < -0.4 is 4.74 Å². The third-order valence-electron chi connectivity index (χ3n) is 5.47. The van der Waals surface area contributed by atoms with Crippen molar-refractivity contribution in [2.75, 3.05) is 20.2 Å². The van der Waals surface area contributed by atoms with E-state index in [2.05, 4.69) is 0 Å².